The summed E-state index contributed by atoms with van der Waals surface area (Å²) < 4.78 is 7.50. The molecule has 3 aromatic rings. The van der Waals surface area contributed by atoms with Gasteiger partial charge in [0, 0.05) is 25.7 Å². The zero-order valence-electron chi connectivity index (χ0n) is 17.0. The molecule has 0 aliphatic rings. The molecule has 0 spiro atoms. The Morgan fingerprint density at radius 2 is 2.10 bits per heavy atom. The molecular formula is C20H20N6O4S. The summed E-state index contributed by atoms with van der Waals surface area (Å²) in [5.41, 5.74) is 3.41. The largest absolute Gasteiger partial charge is 0.448 e. The van der Waals surface area contributed by atoms with Gasteiger partial charge < -0.3 is 8.98 Å². The molecule has 3 rings (SSSR count). The number of amides is 2. The first-order valence-electron chi connectivity index (χ1n) is 9.05. The molecule has 0 radical (unpaired) electrons. The molecule has 0 aliphatic carbocycles. The lowest BCUT2D eigenvalue weighted by Crippen LogP contribution is -2.19. The van der Waals surface area contributed by atoms with Gasteiger partial charge in [-0.15, -0.1) is 10.2 Å². The molecule has 11 heteroatoms. The van der Waals surface area contributed by atoms with Gasteiger partial charge in [0.05, 0.1) is 6.21 Å². The van der Waals surface area contributed by atoms with Gasteiger partial charge in [-0.25, -0.2) is 10.5 Å². The van der Waals surface area contributed by atoms with Crippen molar-refractivity contribution in [2.75, 3.05) is 7.05 Å². The van der Waals surface area contributed by atoms with Crippen molar-refractivity contribution in [1.29, 1.82) is 0 Å². The van der Waals surface area contributed by atoms with Crippen molar-refractivity contribution >= 4 is 35.9 Å². The number of likely N-dealkylation sites (N-methyl/N-ethyl adjacent to an activating group) is 1. The monoisotopic (exact) mass is 440 g/mol. The summed E-state index contributed by atoms with van der Waals surface area (Å²) in [7, 11) is 3.10. The van der Waals surface area contributed by atoms with E-state index >= 15 is 0 Å². The van der Waals surface area contributed by atoms with E-state index in [9.17, 15) is 9.59 Å². The van der Waals surface area contributed by atoms with Gasteiger partial charge in [0.2, 0.25) is 0 Å². The first-order valence-corrected chi connectivity index (χ1v) is 9.87. The number of nitrogens with one attached hydrogen (secondary N) is 1. The maximum absolute atomic E-state index is 12.3. The summed E-state index contributed by atoms with van der Waals surface area (Å²) in [5, 5.41) is 22.8. The van der Waals surface area contributed by atoms with E-state index in [4.69, 9.17) is 9.62 Å². The number of aromatic nitrogens is 3. The second-order valence-electron chi connectivity index (χ2n) is 6.37. The Labute approximate surface area is 182 Å². The first-order chi connectivity index (χ1) is 14.8. The van der Waals surface area contributed by atoms with E-state index in [1.165, 1.54) is 37.2 Å². The highest BCUT2D eigenvalue weighted by Gasteiger charge is 2.10. The third-order valence-corrected chi connectivity index (χ3v) is 5.05. The number of nitrogens with zero attached hydrogens (tertiary/aromatic N) is 5. The summed E-state index contributed by atoms with van der Waals surface area (Å²) in [6, 6.07) is 10.1. The van der Waals surface area contributed by atoms with Gasteiger partial charge in [0.15, 0.2) is 10.2 Å². The molecule has 0 fully saturated rings. The molecule has 2 N–H and O–H groups in total. The van der Waals surface area contributed by atoms with Crippen LogP contribution in [0.15, 0.2) is 62.2 Å². The molecule has 1 aromatic carbocycles. The Hall–Kier alpha value is -3.70. The van der Waals surface area contributed by atoms with Crippen molar-refractivity contribution in [3.63, 3.8) is 0 Å². The molecule has 0 saturated heterocycles. The highest BCUT2D eigenvalue weighted by atomic mass is 32.2. The van der Waals surface area contributed by atoms with E-state index in [1.54, 1.807) is 36.4 Å². The third-order valence-electron chi connectivity index (χ3n) is 4.09. The van der Waals surface area contributed by atoms with Crippen molar-refractivity contribution in [1.82, 2.24) is 25.3 Å². The quantitative estimate of drug-likeness (QED) is 0.250. The molecule has 0 atom stereocenters. The van der Waals surface area contributed by atoms with Gasteiger partial charge in [0.25, 0.3) is 11.8 Å². The normalized spacial score (nSPS) is 11.4. The SMILES string of the molecule is Cc1nnc(Sc2ccc(C=NNC(=O)c3cccc(C=CC(=O)N(C)O)c3)o2)n1C. The van der Waals surface area contributed by atoms with Gasteiger partial charge >= 0.3 is 0 Å². The van der Waals surface area contributed by atoms with E-state index in [0.717, 1.165) is 5.82 Å². The van der Waals surface area contributed by atoms with Crippen molar-refractivity contribution in [2.45, 2.75) is 17.2 Å². The molecule has 10 nitrogen and oxygen atoms in total. The van der Waals surface area contributed by atoms with Crippen LogP contribution in [0.3, 0.4) is 0 Å². The number of carbonyl (C=O) groups excluding carboxylic acids is 2. The Bertz CT molecular complexity index is 1150. The second-order valence-corrected chi connectivity index (χ2v) is 7.34. The van der Waals surface area contributed by atoms with E-state index in [0.29, 0.717) is 32.2 Å². The van der Waals surface area contributed by atoms with Crippen LogP contribution in [0.5, 0.6) is 0 Å². The molecule has 2 amide bonds. The smallest absolute Gasteiger partial charge is 0.271 e. The van der Waals surface area contributed by atoms with E-state index in [-0.39, 0.29) is 0 Å². The minimum Gasteiger partial charge on any atom is -0.448 e. The zero-order chi connectivity index (χ0) is 22.4. The first kappa shape index (κ1) is 22.0. The minimum atomic E-state index is -0.579. The van der Waals surface area contributed by atoms with Crippen LogP contribution in [0.4, 0.5) is 0 Å². The molecule has 0 aliphatic heterocycles. The highest BCUT2D eigenvalue weighted by molar-refractivity contribution is 7.99. The molecule has 0 saturated carbocycles. The number of hydrazone groups is 1. The van der Waals surface area contributed by atoms with Gasteiger partial charge in [0.1, 0.15) is 11.6 Å². The van der Waals surface area contributed by atoms with Gasteiger partial charge in [-0.2, -0.15) is 5.10 Å². The number of rotatable bonds is 7. The molecule has 2 heterocycles. The van der Waals surface area contributed by atoms with Gasteiger partial charge in [-0.1, -0.05) is 12.1 Å². The third kappa shape index (κ3) is 5.90. The van der Waals surface area contributed by atoms with Crippen LogP contribution in [0, 0.1) is 6.92 Å². The summed E-state index contributed by atoms with van der Waals surface area (Å²) in [5.74, 6) is 0.257. The molecule has 0 unspecified atom stereocenters. The minimum absolute atomic E-state index is 0.359. The Kier molecular flexibility index (Phi) is 7.00. The summed E-state index contributed by atoms with van der Waals surface area (Å²) in [6.07, 6.45) is 4.09. The fraction of sp³-hybridized carbons (Fsp3) is 0.150. The van der Waals surface area contributed by atoms with Crippen LogP contribution in [-0.2, 0) is 11.8 Å². The maximum atomic E-state index is 12.3. The highest BCUT2D eigenvalue weighted by Crippen LogP contribution is 2.27. The fourth-order valence-electron chi connectivity index (χ4n) is 2.30. The van der Waals surface area contributed by atoms with E-state index in [1.807, 2.05) is 18.5 Å². The number of hydrogen-bond donors (Lipinski definition) is 2. The molecule has 2 aromatic heterocycles. The summed E-state index contributed by atoms with van der Waals surface area (Å²) >= 11 is 1.33. The fourth-order valence-corrected chi connectivity index (χ4v) is 3.11. The van der Waals surface area contributed by atoms with Crippen molar-refractivity contribution < 1.29 is 19.2 Å². The number of benzene rings is 1. The average Bonchev–Trinajstić information content (AvgIpc) is 3.33. The van der Waals surface area contributed by atoms with Gasteiger partial charge in [-0.3, -0.25) is 14.8 Å². The summed E-state index contributed by atoms with van der Waals surface area (Å²) in [6.45, 7) is 1.86. The van der Waals surface area contributed by atoms with E-state index < -0.39 is 11.8 Å². The Balaban J connectivity index is 1.58. The van der Waals surface area contributed by atoms with E-state index in [2.05, 4.69) is 20.7 Å². The number of carbonyl (C=O) groups is 2. The van der Waals surface area contributed by atoms with Crippen molar-refractivity contribution in [2.24, 2.45) is 12.1 Å². The van der Waals surface area contributed by atoms with Crippen molar-refractivity contribution in [3.8, 4) is 0 Å². The average molecular weight is 440 g/mol. The maximum Gasteiger partial charge on any atom is 0.271 e. The number of furan rings is 1. The van der Waals surface area contributed by atoms with Crippen LogP contribution in [-0.4, -0.2) is 50.1 Å². The second kappa shape index (κ2) is 9.87. The van der Waals surface area contributed by atoms with Crippen LogP contribution in [0.2, 0.25) is 0 Å². The molecule has 31 heavy (non-hydrogen) atoms. The lowest BCUT2D eigenvalue weighted by Gasteiger charge is -2.03. The predicted molar refractivity (Wildman–Crippen MR) is 114 cm³/mol. The Morgan fingerprint density at radius 3 is 2.81 bits per heavy atom. The zero-order valence-corrected chi connectivity index (χ0v) is 17.8. The topological polar surface area (TPSA) is 126 Å². The molecule has 0 bridgehead atoms. The lowest BCUT2D eigenvalue weighted by atomic mass is 10.1. The molecular weight excluding hydrogens is 420 g/mol. The lowest BCUT2D eigenvalue weighted by molar-refractivity contribution is -0.153. The molecule has 160 valence electrons. The standard InChI is InChI=1S/C20H20N6O4S/c1-13-22-24-20(25(13)2)31-18-10-8-16(30-18)12-21-23-19(28)15-6-4-5-14(11-15)7-9-17(27)26(3)29/h4-12,29H,1-3H3,(H,23,28). The van der Waals surface area contributed by atoms with Crippen LogP contribution in [0.25, 0.3) is 6.08 Å². The Morgan fingerprint density at radius 1 is 1.29 bits per heavy atom. The summed E-state index contributed by atoms with van der Waals surface area (Å²) in [4.78, 5) is 23.7. The van der Waals surface area contributed by atoms with Crippen LogP contribution in [0.1, 0.15) is 27.5 Å². The van der Waals surface area contributed by atoms with Crippen molar-refractivity contribution in [3.05, 3.63) is 65.2 Å². The van der Waals surface area contributed by atoms with Crippen LogP contribution < -0.4 is 5.43 Å². The number of hydroxylamine groups is 2. The van der Waals surface area contributed by atoms with Crippen LogP contribution >= 0.6 is 11.8 Å². The number of aryl methyl sites for hydroxylation is 1. The van der Waals surface area contributed by atoms with Gasteiger partial charge in [-0.05, 0) is 54.6 Å². The number of hydrogen-bond acceptors (Lipinski definition) is 8. The predicted octanol–water partition coefficient (Wildman–Crippen LogP) is 2.49.